The number of hydrogen-bond acceptors (Lipinski definition) is 9. The molecule has 25 heavy (non-hydrogen) atoms. The minimum absolute atomic E-state index is 0.0723. The zero-order chi connectivity index (χ0) is 18.1. The molecule has 0 spiro atoms. The van der Waals surface area contributed by atoms with Gasteiger partial charge in [-0.2, -0.15) is 5.26 Å². The fourth-order valence-corrected chi connectivity index (χ4v) is 3.48. The molecule has 11 heteroatoms. The Bertz CT molecular complexity index is 938. The van der Waals surface area contributed by atoms with Gasteiger partial charge < -0.3 is 15.2 Å². The molecule has 1 unspecified atom stereocenters. The number of carbonyl (C=O) groups is 1. The quantitative estimate of drug-likeness (QED) is 0.469. The third kappa shape index (κ3) is 2.79. The van der Waals surface area contributed by atoms with Gasteiger partial charge in [0.05, 0.1) is 35.6 Å². The summed E-state index contributed by atoms with van der Waals surface area (Å²) in [5, 5.41) is 27.0. The van der Waals surface area contributed by atoms with E-state index in [-0.39, 0.29) is 28.8 Å². The lowest BCUT2D eigenvalue weighted by Crippen LogP contribution is -2.21. The normalized spacial score (nSPS) is 15.9. The molecule has 0 bridgehead atoms. The van der Waals surface area contributed by atoms with Crippen molar-refractivity contribution in [2.45, 2.75) is 12.3 Å². The molecule has 3 N–H and O–H groups in total. The summed E-state index contributed by atoms with van der Waals surface area (Å²) in [4.78, 5) is 22.6. The van der Waals surface area contributed by atoms with Crippen LogP contribution in [0.2, 0.25) is 0 Å². The van der Waals surface area contributed by atoms with Crippen LogP contribution in [0.25, 0.3) is 0 Å². The molecule has 0 saturated heterocycles. The number of allylic oxidation sites excluding steroid dienone is 1. The van der Waals surface area contributed by atoms with Crippen molar-refractivity contribution in [3.05, 3.63) is 49.8 Å². The van der Waals surface area contributed by atoms with Crippen LogP contribution in [0.5, 0.6) is 5.88 Å². The van der Waals surface area contributed by atoms with Crippen molar-refractivity contribution < 1.29 is 19.2 Å². The summed E-state index contributed by atoms with van der Waals surface area (Å²) in [5.74, 6) is -1.24. The number of hydrogen-bond donors (Lipinski definition) is 2. The highest BCUT2D eigenvalue weighted by atomic mass is 32.1. The Morgan fingerprint density at radius 3 is 3.00 bits per heavy atom. The molecule has 0 amide bonds. The molecule has 2 aromatic heterocycles. The van der Waals surface area contributed by atoms with Crippen LogP contribution >= 0.6 is 11.3 Å². The monoisotopic (exact) mass is 361 g/mol. The van der Waals surface area contributed by atoms with Gasteiger partial charge in [0.2, 0.25) is 11.8 Å². The number of H-pyrrole nitrogens is 1. The van der Waals surface area contributed by atoms with Crippen molar-refractivity contribution in [2.24, 2.45) is 5.73 Å². The number of methoxy groups -OCH3 is 1. The van der Waals surface area contributed by atoms with Gasteiger partial charge in [-0.3, -0.25) is 20.0 Å². The van der Waals surface area contributed by atoms with Crippen molar-refractivity contribution in [3.63, 3.8) is 0 Å². The SMILES string of the molecule is COC(=O)Cc1[nH]nc2c1C(c1ccc([N+](=O)[O-])s1)C(C#N)=C(N)O2. The van der Waals surface area contributed by atoms with Gasteiger partial charge >= 0.3 is 11.0 Å². The fraction of sp³-hybridized carbons (Fsp3) is 0.214. The third-order valence-electron chi connectivity index (χ3n) is 3.64. The molecule has 1 aliphatic rings. The Kier molecular flexibility index (Phi) is 4.12. The van der Waals surface area contributed by atoms with Crippen molar-refractivity contribution >= 4 is 22.3 Å². The van der Waals surface area contributed by atoms with E-state index in [9.17, 15) is 20.2 Å². The summed E-state index contributed by atoms with van der Waals surface area (Å²) < 4.78 is 10.00. The van der Waals surface area contributed by atoms with Crippen LogP contribution in [-0.2, 0) is 16.0 Å². The minimum atomic E-state index is -0.717. The first-order valence-electron chi connectivity index (χ1n) is 6.92. The molecule has 2 aromatic rings. The van der Waals surface area contributed by atoms with Crippen LogP contribution in [0, 0.1) is 21.4 Å². The van der Waals surface area contributed by atoms with Gasteiger partial charge in [-0.05, 0) is 6.07 Å². The maximum atomic E-state index is 11.6. The molecule has 1 atom stereocenters. The van der Waals surface area contributed by atoms with E-state index >= 15 is 0 Å². The van der Waals surface area contributed by atoms with Crippen molar-refractivity contribution in [1.82, 2.24) is 10.2 Å². The van der Waals surface area contributed by atoms with E-state index in [4.69, 9.17) is 10.5 Å². The number of nitrogens with two attached hydrogens (primary N) is 1. The lowest BCUT2D eigenvalue weighted by Gasteiger charge is -2.22. The van der Waals surface area contributed by atoms with Gasteiger partial charge in [-0.25, -0.2) is 0 Å². The number of fused-ring (bicyclic) bond motifs is 1. The second-order valence-electron chi connectivity index (χ2n) is 5.03. The summed E-state index contributed by atoms with van der Waals surface area (Å²) in [5.41, 5.74) is 6.72. The van der Waals surface area contributed by atoms with Gasteiger partial charge in [-0.15, -0.1) is 5.10 Å². The maximum absolute atomic E-state index is 11.6. The Hall–Kier alpha value is -3.39. The Morgan fingerprint density at radius 2 is 2.40 bits per heavy atom. The topological polar surface area (TPSA) is 157 Å². The Balaban J connectivity index is 2.14. The Morgan fingerprint density at radius 1 is 1.64 bits per heavy atom. The molecular formula is C14H11N5O5S. The second-order valence-corrected chi connectivity index (χ2v) is 6.13. The minimum Gasteiger partial charge on any atom is -0.469 e. The van der Waals surface area contributed by atoms with Gasteiger partial charge in [0, 0.05) is 10.9 Å². The van der Waals surface area contributed by atoms with Gasteiger partial charge in [0.15, 0.2) is 0 Å². The smallest absolute Gasteiger partial charge is 0.324 e. The average Bonchev–Trinajstić information content (AvgIpc) is 3.21. The number of rotatable bonds is 4. The lowest BCUT2D eigenvalue weighted by molar-refractivity contribution is -0.380. The van der Waals surface area contributed by atoms with Gasteiger partial charge in [-0.1, -0.05) is 11.3 Å². The zero-order valence-corrected chi connectivity index (χ0v) is 13.6. The van der Waals surface area contributed by atoms with Crippen molar-refractivity contribution in [3.8, 4) is 11.9 Å². The van der Waals surface area contributed by atoms with E-state index in [0.717, 1.165) is 11.3 Å². The molecule has 0 aromatic carbocycles. The largest absolute Gasteiger partial charge is 0.469 e. The highest BCUT2D eigenvalue weighted by Gasteiger charge is 2.37. The number of nitrogens with one attached hydrogen (secondary N) is 1. The van der Waals surface area contributed by atoms with Crippen molar-refractivity contribution in [2.75, 3.05) is 7.11 Å². The van der Waals surface area contributed by atoms with E-state index in [0.29, 0.717) is 16.1 Å². The predicted molar refractivity (Wildman–Crippen MR) is 84.6 cm³/mol. The number of nitrogens with zero attached hydrogens (tertiary/aromatic N) is 3. The molecular weight excluding hydrogens is 350 g/mol. The number of thiophene rings is 1. The first kappa shape index (κ1) is 16.5. The highest BCUT2D eigenvalue weighted by molar-refractivity contribution is 7.15. The first-order valence-corrected chi connectivity index (χ1v) is 7.73. The number of aromatic amines is 1. The first-order chi connectivity index (χ1) is 12.0. The van der Waals surface area contributed by atoms with E-state index in [1.807, 2.05) is 6.07 Å². The van der Waals surface area contributed by atoms with Crippen LogP contribution in [0.4, 0.5) is 5.00 Å². The van der Waals surface area contributed by atoms with Crippen molar-refractivity contribution in [1.29, 1.82) is 5.26 Å². The molecule has 128 valence electrons. The number of nitriles is 1. The van der Waals surface area contributed by atoms with Crippen LogP contribution < -0.4 is 10.5 Å². The number of esters is 1. The van der Waals surface area contributed by atoms with E-state index in [1.54, 1.807) is 6.07 Å². The number of ether oxygens (including phenoxy) is 2. The second kappa shape index (κ2) is 6.25. The van der Waals surface area contributed by atoms with Crippen LogP contribution in [0.15, 0.2) is 23.6 Å². The molecule has 3 rings (SSSR count). The highest BCUT2D eigenvalue weighted by Crippen LogP contribution is 2.45. The molecule has 0 fully saturated rings. The molecule has 0 aliphatic carbocycles. The fourth-order valence-electron chi connectivity index (χ4n) is 2.54. The van der Waals surface area contributed by atoms with E-state index in [2.05, 4.69) is 14.9 Å². The molecule has 0 saturated carbocycles. The van der Waals surface area contributed by atoms with E-state index in [1.165, 1.54) is 13.2 Å². The number of aromatic nitrogens is 2. The standard InChI is InChI=1S/C14H11N5O5S/c1-23-10(20)4-7-12-11(8-2-3-9(25-8)19(21)22)6(5-15)13(16)24-14(12)18-17-7/h2-3,11H,4,16H2,1H3,(H,17,18). The summed E-state index contributed by atoms with van der Waals surface area (Å²) in [6.07, 6.45) is -0.120. The maximum Gasteiger partial charge on any atom is 0.324 e. The number of nitro groups is 1. The molecule has 0 radical (unpaired) electrons. The third-order valence-corrected chi connectivity index (χ3v) is 4.75. The summed E-state index contributed by atoms with van der Waals surface area (Å²) in [6.45, 7) is 0. The average molecular weight is 361 g/mol. The predicted octanol–water partition coefficient (Wildman–Crippen LogP) is 1.31. The zero-order valence-electron chi connectivity index (χ0n) is 12.8. The number of carbonyl (C=O) groups excluding carboxylic acids is 1. The summed E-state index contributed by atoms with van der Waals surface area (Å²) >= 11 is 0.916. The van der Waals surface area contributed by atoms with Gasteiger partial charge in [0.1, 0.15) is 11.6 Å². The lowest BCUT2D eigenvalue weighted by atomic mass is 9.88. The summed E-state index contributed by atoms with van der Waals surface area (Å²) in [7, 11) is 1.25. The van der Waals surface area contributed by atoms with Crippen LogP contribution in [-0.4, -0.2) is 28.2 Å². The molecule has 10 nitrogen and oxygen atoms in total. The Labute approximate surface area is 144 Å². The van der Waals surface area contributed by atoms with Crippen LogP contribution in [0.3, 0.4) is 0 Å². The van der Waals surface area contributed by atoms with E-state index < -0.39 is 16.8 Å². The summed E-state index contributed by atoms with van der Waals surface area (Å²) in [6, 6.07) is 4.87. The molecule has 3 heterocycles. The van der Waals surface area contributed by atoms with Crippen LogP contribution in [0.1, 0.15) is 22.1 Å². The molecule has 1 aliphatic heterocycles. The van der Waals surface area contributed by atoms with Gasteiger partial charge in [0.25, 0.3) is 0 Å².